The summed E-state index contributed by atoms with van der Waals surface area (Å²) in [6.07, 6.45) is 0. The number of fused-ring (bicyclic) bond motifs is 4. The molecule has 1 aliphatic heterocycles. The van der Waals surface area contributed by atoms with E-state index in [1.54, 1.807) is 65.8 Å². The van der Waals surface area contributed by atoms with Crippen molar-refractivity contribution in [2.24, 2.45) is 0 Å². The van der Waals surface area contributed by atoms with E-state index in [4.69, 9.17) is 18.9 Å². The highest BCUT2D eigenvalue weighted by Gasteiger charge is 2.35. The van der Waals surface area contributed by atoms with Crippen molar-refractivity contribution < 1.29 is 55.0 Å². The van der Waals surface area contributed by atoms with E-state index in [1.807, 2.05) is 0 Å². The third-order valence-corrected chi connectivity index (χ3v) is 13.0. The molecule has 308 valence electrons. The number of carbonyl (C=O) groups excluding carboxylic acids is 4. The Bertz CT molecular complexity index is 2170. The van der Waals surface area contributed by atoms with Crippen molar-refractivity contribution in [3.63, 3.8) is 0 Å². The minimum atomic E-state index is -4.44. The molecule has 4 aromatic carbocycles. The van der Waals surface area contributed by atoms with E-state index >= 15 is 0 Å². The summed E-state index contributed by atoms with van der Waals surface area (Å²) in [6, 6.07) is 17.4. The van der Waals surface area contributed by atoms with Crippen molar-refractivity contribution >= 4 is 43.9 Å². The summed E-state index contributed by atoms with van der Waals surface area (Å²) in [5.41, 5.74) is 1.25. The maximum atomic E-state index is 14.7. The molecule has 0 unspecified atom stereocenters. The molecule has 1 aliphatic rings. The third-order valence-electron chi connectivity index (χ3n) is 9.34. The molecule has 0 amide bonds. The number of rotatable bonds is 12. The second kappa shape index (κ2) is 18.4. The van der Waals surface area contributed by atoms with E-state index in [9.17, 15) is 36.0 Å². The van der Waals surface area contributed by atoms with Crippen LogP contribution >= 0.6 is 0 Å². The second-order valence-electron chi connectivity index (χ2n) is 13.4. The van der Waals surface area contributed by atoms with E-state index in [2.05, 4.69) is 0 Å². The summed E-state index contributed by atoms with van der Waals surface area (Å²) in [5, 5.41) is 0. The first-order valence-electron chi connectivity index (χ1n) is 18.7. The maximum absolute atomic E-state index is 14.7. The maximum Gasteiger partial charge on any atom is 0.338 e. The van der Waals surface area contributed by atoms with Crippen LogP contribution in [0.4, 0.5) is 0 Å². The van der Waals surface area contributed by atoms with Crippen LogP contribution in [-0.4, -0.2) is 75.8 Å². The number of benzene rings is 4. The molecule has 0 N–H and O–H groups in total. The van der Waals surface area contributed by atoms with Gasteiger partial charge in [0.25, 0.3) is 0 Å². The van der Waals surface area contributed by atoms with Gasteiger partial charge in [-0.25, -0.2) is 36.0 Å². The van der Waals surface area contributed by atoms with Crippen LogP contribution in [0.5, 0.6) is 0 Å². The summed E-state index contributed by atoms with van der Waals surface area (Å²) in [6.45, 7) is 7.67. The molecule has 14 nitrogen and oxygen atoms in total. The van der Waals surface area contributed by atoms with Gasteiger partial charge in [0.15, 0.2) is 0 Å². The Morgan fingerprint density at radius 3 is 0.914 bits per heavy atom. The third kappa shape index (κ3) is 9.47. The molecule has 0 aliphatic carbocycles. The number of hydrogen-bond donors (Lipinski definition) is 0. The fraction of sp³-hybridized carbons (Fsp3) is 0.333. The monoisotopic (exact) mass is 834 g/mol. The minimum absolute atomic E-state index is 0.0544. The molecule has 5 rings (SSSR count). The Hall–Kier alpha value is -5.42. The lowest BCUT2D eigenvalue weighted by atomic mass is 9.95. The Labute approximate surface area is 338 Å². The van der Waals surface area contributed by atoms with Crippen LogP contribution in [0.15, 0.2) is 82.6 Å². The van der Waals surface area contributed by atoms with Crippen molar-refractivity contribution in [3.8, 4) is 0 Å². The molecule has 4 aromatic rings. The molecule has 16 heteroatoms. The van der Waals surface area contributed by atoms with Crippen LogP contribution in [0.25, 0.3) is 0 Å². The second-order valence-corrected chi connectivity index (χ2v) is 17.3. The van der Waals surface area contributed by atoms with Gasteiger partial charge in [0.2, 0.25) is 20.0 Å². The van der Waals surface area contributed by atoms with Gasteiger partial charge in [0.1, 0.15) is 0 Å². The smallest absolute Gasteiger partial charge is 0.338 e. The van der Waals surface area contributed by atoms with Gasteiger partial charge >= 0.3 is 23.9 Å². The van der Waals surface area contributed by atoms with Crippen LogP contribution in [0.3, 0.4) is 0 Å². The molecule has 0 aromatic heterocycles. The van der Waals surface area contributed by atoms with Crippen LogP contribution < -0.4 is 0 Å². The van der Waals surface area contributed by atoms with Crippen LogP contribution in [0.2, 0.25) is 0 Å². The number of esters is 4. The Kier molecular flexibility index (Phi) is 13.9. The van der Waals surface area contributed by atoms with E-state index in [-0.39, 0.29) is 80.7 Å². The standard InChI is InChI=1S/C42H46N2O12S2/c1-7-53-39(45)35-21-36(40(46)54-8-2)30-19-29(35)23-43(57(49,50)33-15-11-27(5)12-16-33)25-31-20-32(38(42(48)56-10-4)22-37(31)41(47)55-9-3)26-44(24-30)58(51,52)34-17-13-28(6)14-18-34/h11-22H,7-10,23-26H2,1-6H3. The minimum Gasteiger partial charge on any atom is -0.462 e. The lowest BCUT2D eigenvalue weighted by molar-refractivity contribution is 0.0505. The van der Waals surface area contributed by atoms with Crippen molar-refractivity contribution in [1.29, 1.82) is 0 Å². The summed E-state index contributed by atoms with van der Waals surface area (Å²) < 4.78 is 82.2. The van der Waals surface area contributed by atoms with Gasteiger partial charge in [0, 0.05) is 26.2 Å². The molecular formula is C42H46N2O12S2. The fourth-order valence-electron chi connectivity index (χ4n) is 6.44. The predicted octanol–water partition coefficient (Wildman–Crippen LogP) is 6.11. The fourth-order valence-corrected chi connectivity index (χ4v) is 9.23. The van der Waals surface area contributed by atoms with E-state index in [0.717, 1.165) is 19.7 Å². The highest BCUT2D eigenvalue weighted by atomic mass is 32.2. The summed E-state index contributed by atoms with van der Waals surface area (Å²) >= 11 is 0. The Morgan fingerprint density at radius 2 is 0.690 bits per heavy atom. The Balaban J connectivity index is 1.90. The van der Waals surface area contributed by atoms with Crippen LogP contribution in [-0.2, 0) is 65.2 Å². The van der Waals surface area contributed by atoms with Gasteiger partial charge in [-0.1, -0.05) is 47.5 Å². The number of sulfonamides is 2. The zero-order chi connectivity index (χ0) is 42.4. The summed E-state index contributed by atoms with van der Waals surface area (Å²) in [5.74, 6) is -3.47. The highest BCUT2D eigenvalue weighted by molar-refractivity contribution is 7.89. The van der Waals surface area contributed by atoms with E-state index in [1.165, 1.54) is 48.5 Å². The summed E-state index contributed by atoms with van der Waals surface area (Å²) in [7, 11) is -8.88. The number of ether oxygens (including phenoxy) is 4. The first kappa shape index (κ1) is 43.7. The molecular weight excluding hydrogens is 789 g/mol. The van der Waals surface area contributed by atoms with Crippen molar-refractivity contribution in [1.82, 2.24) is 8.61 Å². The van der Waals surface area contributed by atoms with Crippen molar-refractivity contribution in [2.75, 3.05) is 26.4 Å². The molecule has 0 saturated carbocycles. The van der Waals surface area contributed by atoms with Gasteiger partial charge < -0.3 is 18.9 Å². The molecule has 0 spiro atoms. The number of hydrogen-bond acceptors (Lipinski definition) is 12. The average Bonchev–Trinajstić information content (AvgIpc) is 3.17. The topological polar surface area (TPSA) is 180 Å². The molecule has 0 fully saturated rings. The number of nitrogens with zero attached hydrogens (tertiary/aromatic N) is 2. The predicted molar refractivity (Wildman–Crippen MR) is 212 cm³/mol. The SMILES string of the molecule is CCOC(=O)c1cc(C(=O)OCC)c2cc1CN(S(=O)(=O)c1ccc(C)cc1)Cc1cc(c(C(=O)OCC)cc1C(=O)OCC)CN(S(=O)(=O)c1ccc(C)cc1)C2. The normalized spacial score (nSPS) is 13.8. The summed E-state index contributed by atoms with van der Waals surface area (Å²) in [4.78, 5) is 54.3. The van der Waals surface area contributed by atoms with Crippen molar-refractivity contribution in [2.45, 2.75) is 77.5 Å². The molecule has 0 radical (unpaired) electrons. The largest absolute Gasteiger partial charge is 0.462 e. The van der Waals surface area contributed by atoms with Gasteiger partial charge in [-0.3, -0.25) is 0 Å². The first-order chi connectivity index (χ1) is 27.5. The molecule has 58 heavy (non-hydrogen) atoms. The van der Waals surface area contributed by atoms with E-state index < -0.39 is 70.1 Å². The molecule has 1 heterocycles. The lowest BCUT2D eigenvalue weighted by Gasteiger charge is -2.29. The van der Waals surface area contributed by atoms with Crippen molar-refractivity contribution in [3.05, 3.63) is 128 Å². The van der Waals surface area contributed by atoms with E-state index in [0.29, 0.717) is 0 Å². The van der Waals surface area contributed by atoms with Gasteiger partial charge in [-0.05, 0) is 100 Å². The number of carbonyl (C=O) groups is 4. The molecule has 0 atom stereocenters. The first-order valence-corrected chi connectivity index (χ1v) is 21.6. The highest BCUT2D eigenvalue weighted by Crippen LogP contribution is 2.33. The lowest BCUT2D eigenvalue weighted by Crippen LogP contribution is -2.35. The zero-order valence-corrected chi connectivity index (χ0v) is 34.8. The van der Waals surface area contributed by atoms with Gasteiger partial charge in [-0.15, -0.1) is 0 Å². The van der Waals surface area contributed by atoms with Crippen LogP contribution in [0, 0.1) is 13.8 Å². The Morgan fingerprint density at radius 1 is 0.448 bits per heavy atom. The molecule has 0 saturated heterocycles. The van der Waals surface area contributed by atoms with Gasteiger partial charge in [-0.2, -0.15) is 8.61 Å². The average molecular weight is 835 g/mol. The zero-order valence-electron chi connectivity index (χ0n) is 33.2. The van der Waals surface area contributed by atoms with Crippen LogP contribution in [0.1, 0.15) is 103 Å². The van der Waals surface area contributed by atoms with Gasteiger partial charge in [0.05, 0.1) is 58.5 Å². The number of aryl methyl sites for hydroxylation is 2. The quantitative estimate of drug-likeness (QED) is 0.118. The molecule has 4 bridgehead atoms.